The van der Waals surface area contributed by atoms with Gasteiger partial charge in [0.15, 0.2) is 6.61 Å². The number of aryl methyl sites for hydroxylation is 1. The molecule has 0 radical (unpaired) electrons. The van der Waals surface area contributed by atoms with Gasteiger partial charge in [0, 0.05) is 6.42 Å². The van der Waals surface area contributed by atoms with Crippen molar-refractivity contribution in [2.24, 2.45) is 5.92 Å². The molecule has 122 valence electrons. The highest BCUT2D eigenvalue weighted by Gasteiger charge is 2.09. The first-order valence-corrected chi connectivity index (χ1v) is 7.60. The average Bonchev–Trinajstić information content (AvgIpc) is 2.43. The van der Waals surface area contributed by atoms with Crippen molar-refractivity contribution in [2.75, 3.05) is 6.61 Å². The summed E-state index contributed by atoms with van der Waals surface area (Å²) in [5.74, 6) is 0.740. The molecule has 0 aliphatic rings. The summed E-state index contributed by atoms with van der Waals surface area (Å²) in [6, 6.07) is 5.98. The van der Waals surface area contributed by atoms with Crippen molar-refractivity contribution < 1.29 is 14.3 Å². The van der Waals surface area contributed by atoms with Gasteiger partial charge < -0.3 is 4.74 Å². The molecule has 0 unspecified atom stereocenters. The number of carbonyl (C=O) groups excluding carboxylic acids is 2. The van der Waals surface area contributed by atoms with Crippen LogP contribution >= 0.6 is 0 Å². The Hall–Kier alpha value is -2.04. The number of nitrogens with one attached hydrogen (secondary N) is 2. The molecule has 0 bridgehead atoms. The van der Waals surface area contributed by atoms with E-state index in [9.17, 15) is 9.59 Å². The monoisotopic (exact) mass is 306 g/mol. The average molecular weight is 306 g/mol. The molecule has 0 aliphatic heterocycles. The van der Waals surface area contributed by atoms with E-state index >= 15 is 0 Å². The van der Waals surface area contributed by atoms with Gasteiger partial charge >= 0.3 is 0 Å². The van der Waals surface area contributed by atoms with E-state index in [4.69, 9.17) is 4.74 Å². The van der Waals surface area contributed by atoms with Crippen molar-refractivity contribution in [3.63, 3.8) is 0 Å². The highest BCUT2D eigenvalue weighted by atomic mass is 16.5. The Labute approximate surface area is 132 Å². The molecular formula is C17H26N2O3. The number of rotatable bonds is 6. The third kappa shape index (κ3) is 6.16. The molecule has 22 heavy (non-hydrogen) atoms. The van der Waals surface area contributed by atoms with Gasteiger partial charge in [-0.1, -0.05) is 39.8 Å². The molecule has 2 amide bonds. The molecule has 5 heteroatoms. The lowest BCUT2D eigenvalue weighted by molar-refractivity contribution is -0.130. The summed E-state index contributed by atoms with van der Waals surface area (Å²) in [5.41, 5.74) is 6.86. The minimum atomic E-state index is -0.383. The summed E-state index contributed by atoms with van der Waals surface area (Å²) in [5, 5.41) is 0. The second-order valence-electron chi connectivity index (χ2n) is 6.16. The van der Waals surface area contributed by atoms with Gasteiger partial charge in [0.05, 0.1) is 0 Å². The fraction of sp³-hybridized carbons (Fsp3) is 0.529. The van der Waals surface area contributed by atoms with E-state index in [0.717, 1.165) is 11.1 Å². The Morgan fingerprint density at radius 3 is 2.32 bits per heavy atom. The Morgan fingerprint density at radius 1 is 1.09 bits per heavy atom. The Bertz CT molecular complexity index is 525. The van der Waals surface area contributed by atoms with Crippen LogP contribution in [-0.4, -0.2) is 18.4 Å². The maximum absolute atomic E-state index is 11.7. The van der Waals surface area contributed by atoms with Crippen LogP contribution in [0, 0.1) is 12.8 Å². The van der Waals surface area contributed by atoms with E-state index in [1.54, 1.807) is 0 Å². The quantitative estimate of drug-likeness (QED) is 0.794. The van der Waals surface area contributed by atoms with Crippen molar-refractivity contribution in [1.82, 2.24) is 10.9 Å². The fourth-order valence-corrected chi connectivity index (χ4v) is 1.87. The summed E-state index contributed by atoms with van der Waals surface area (Å²) >= 11 is 0. The molecule has 0 saturated carbocycles. The van der Waals surface area contributed by atoms with E-state index in [2.05, 4.69) is 30.8 Å². The van der Waals surface area contributed by atoms with E-state index in [-0.39, 0.29) is 24.3 Å². The van der Waals surface area contributed by atoms with Crippen molar-refractivity contribution in [1.29, 1.82) is 0 Å². The minimum Gasteiger partial charge on any atom is -0.483 e. The van der Waals surface area contributed by atoms with Gasteiger partial charge in [-0.3, -0.25) is 20.4 Å². The predicted octanol–water partition coefficient (Wildman–Crippen LogP) is 2.69. The smallest absolute Gasteiger partial charge is 0.276 e. The van der Waals surface area contributed by atoms with E-state index in [1.165, 1.54) is 0 Å². The van der Waals surface area contributed by atoms with Crippen LogP contribution in [0.25, 0.3) is 0 Å². The summed E-state index contributed by atoms with van der Waals surface area (Å²) in [6.45, 7) is 9.88. The first-order chi connectivity index (χ1) is 10.3. The van der Waals surface area contributed by atoms with Crippen LogP contribution < -0.4 is 15.6 Å². The number of carbonyl (C=O) groups is 2. The molecule has 0 spiro atoms. The van der Waals surface area contributed by atoms with Crippen LogP contribution in [0.5, 0.6) is 5.75 Å². The predicted molar refractivity (Wildman–Crippen MR) is 86.5 cm³/mol. The SMILES string of the molecule is Cc1ccc(C(C)C)cc1OCC(=O)NNC(=O)CC(C)C. The normalized spacial score (nSPS) is 10.7. The molecule has 2 N–H and O–H groups in total. The largest absolute Gasteiger partial charge is 0.483 e. The number of ether oxygens (including phenoxy) is 1. The molecule has 1 aromatic rings. The van der Waals surface area contributed by atoms with Crippen LogP contribution in [0.1, 0.15) is 51.2 Å². The lowest BCUT2D eigenvalue weighted by Crippen LogP contribution is -2.44. The van der Waals surface area contributed by atoms with Gasteiger partial charge in [0.1, 0.15) is 5.75 Å². The first-order valence-electron chi connectivity index (χ1n) is 7.60. The van der Waals surface area contributed by atoms with Gasteiger partial charge in [0.2, 0.25) is 5.91 Å². The van der Waals surface area contributed by atoms with E-state index < -0.39 is 0 Å². The molecular weight excluding hydrogens is 280 g/mol. The fourth-order valence-electron chi connectivity index (χ4n) is 1.87. The molecule has 0 aromatic heterocycles. The van der Waals surface area contributed by atoms with Crippen LogP contribution in [0.3, 0.4) is 0 Å². The number of hydrazine groups is 1. The van der Waals surface area contributed by atoms with Crippen molar-refractivity contribution in [3.8, 4) is 5.75 Å². The van der Waals surface area contributed by atoms with Crippen molar-refractivity contribution >= 4 is 11.8 Å². The topological polar surface area (TPSA) is 67.4 Å². The zero-order valence-corrected chi connectivity index (χ0v) is 14.0. The highest BCUT2D eigenvalue weighted by Crippen LogP contribution is 2.24. The second-order valence-corrected chi connectivity index (χ2v) is 6.16. The molecule has 0 fully saturated rings. The number of amides is 2. The highest BCUT2D eigenvalue weighted by molar-refractivity contribution is 5.82. The number of hydrogen-bond acceptors (Lipinski definition) is 3. The lowest BCUT2D eigenvalue weighted by atomic mass is 10.0. The Kier molecular flexibility index (Phi) is 6.89. The lowest BCUT2D eigenvalue weighted by Gasteiger charge is -2.13. The maximum Gasteiger partial charge on any atom is 0.276 e. The Morgan fingerprint density at radius 2 is 1.73 bits per heavy atom. The van der Waals surface area contributed by atoms with Crippen molar-refractivity contribution in [2.45, 2.75) is 47.0 Å². The molecule has 0 atom stereocenters. The summed E-state index contributed by atoms with van der Waals surface area (Å²) < 4.78 is 5.54. The molecule has 5 nitrogen and oxygen atoms in total. The summed E-state index contributed by atoms with van der Waals surface area (Å²) in [4.78, 5) is 23.1. The third-order valence-corrected chi connectivity index (χ3v) is 3.17. The number of hydrogen-bond donors (Lipinski definition) is 2. The van der Waals surface area contributed by atoms with Crippen LogP contribution in [-0.2, 0) is 9.59 Å². The van der Waals surface area contributed by atoms with Gasteiger partial charge in [-0.25, -0.2) is 0 Å². The maximum atomic E-state index is 11.7. The van der Waals surface area contributed by atoms with E-state index in [1.807, 2.05) is 32.9 Å². The molecule has 0 saturated heterocycles. The first kappa shape index (κ1) is 18.0. The minimum absolute atomic E-state index is 0.135. The van der Waals surface area contributed by atoms with Crippen LogP contribution in [0.4, 0.5) is 0 Å². The van der Waals surface area contributed by atoms with Gasteiger partial charge in [0.25, 0.3) is 5.91 Å². The second kappa shape index (κ2) is 8.41. The van der Waals surface area contributed by atoms with Gasteiger partial charge in [-0.05, 0) is 36.0 Å². The summed E-state index contributed by atoms with van der Waals surface area (Å²) in [7, 11) is 0. The molecule has 1 aromatic carbocycles. The zero-order valence-electron chi connectivity index (χ0n) is 14.0. The van der Waals surface area contributed by atoms with Crippen LogP contribution in [0.2, 0.25) is 0 Å². The molecule has 0 aliphatic carbocycles. The van der Waals surface area contributed by atoms with Crippen molar-refractivity contribution in [3.05, 3.63) is 29.3 Å². The Balaban J connectivity index is 2.47. The number of benzene rings is 1. The van der Waals surface area contributed by atoms with E-state index in [0.29, 0.717) is 18.1 Å². The zero-order chi connectivity index (χ0) is 16.7. The third-order valence-electron chi connectivity index (χ3n) is 3.17. The van der Waals surface area contributed by atoms with Crippen LogP contribution in [0.15, 0.2) is 18.2 Å². The van der Waals surface area contributed by atoms with Gasteiger partial charge in [-0.15, -0.1) is 0 Å². The standard InChI is InChI=1S/C17H26N2O3/c1-11(2)8-16(20)18-19-17(21)10-22-15-9-14(12(3)4)7-6-13(15)5/h6-7,9,11-12H,8,10H2,1-5H3,(H,18,20)(H,19,21). The van der Waals surface area contributed by atoms with Gasteiger partial charge in [-0.2, -0.15) is 0 Å². The summed E-state index contributed by atoms with van der Waals surface area (Å²) in [6.07, 6.45) is 0.372. The molecule has 1 rings (SSSR count). The molecule has 0 heterocycles.